The van der Waals surface area contributed by atoms with Gasteiger partial charge in [0.15, 0.2) is 0 Å². The summed E-state index contributed by atoms with van der Waals surface area (Å²) in [6.45, 7) is 6.17. The van der Waals surface area contributed by atoms with Crippen LogP contribution in [0.25, 0.3) is 0 Å². The first kappa shape index (κ1) is 25.9. The lowest BCUT2D eigenvalue weighted by Crippen LogP contribution is -2.33. The molecule has 0 aliphatic rings. The van der Waals surface area contributed by atoms with Crippen LogP contribution in [0, 0.1) is 20.8 Å². The molecule has 0 unspecified atom stereocenters. The van der Waals surface area contributed by atoms with E-state index in [1.165, 1.54) is 15.4 Å². The highest BCUT2D eigenvalue weighted by molar-refractivity contribution is 7.92. The van der Waals surface area contributed by atoms with Gasteiger partial charge in [-0.15, -0.1) is 0 Å². The van der Waals surface area contributed by atoms with Crippen LogP contribution in [0.5, 0.6) is 0 Å². The number of benzene rings is 4. The molecule has 4 aromatic rings. The second-order valence-corrected chi connectivity index (χ2v) is 10.6. The number of nitrogens with one attached hydrogen (secondary N) is 1. The van der Waals surface area contributed by atoms with Crippen LogP contribution in [0.4, 0.5) is 5.69 Å². The average molecular weight is 512 g/mol. The maximum absolute atomic E-state index is 13.8. The van der Waals surface area contributed by atoms with Gasteiger partial charge in [-0.2, -0.15) is 5.10 Å². The van der Waals surface area contributed by atoms with Crippen LogP contribution in [0.15, 0.2) is 107 Å². The molecule has 0 aliphatic heterocycles. The van der Waals surface area contributed by atoms with Gasteiger partial charge in [0.1, 0.15) is 0 Å². The van der Waals surface area contributed by atoms with Gasteiger partial charge in [-0.3, -0.25) is 9.10 Å². The van der Waals surface area contributed by atoms with Crippen LogP contribution < -0.4 is 9.73 Å². The molecule has 0 bridgehead atoms. The van der Waals surface area contributed by atoms with Crippen molar-refractivity contribution in [3.63, 3.8) is 0 Å². The quantitative estimate of drug-likeness (QED) is 0.241. The van der Waals surface area contributed by atoms with E-state index in [-0.39, 0.29) is 22.7 Å². The molecule has 0 spiro atoms. The van der Waals surface area contributed by atoms with Gasteiger partial charge in [-0.25, -0.2) is 13.8 Å². The Morgan fingerprint density at radius 2 is 1.43 bits per heavy atom. The number of rotatable bonds is 8. The lowest BCUT2D eigenvalue weighted by atomic mass is 10.00. The van der Waals surface area contributed by atoms with Crippen molar-refractivity contribution < 1.29 is 13.2 Å². The van der Waals surface area contributed by atoms with Crippen LogP contribution in [0.1, 0.15) is 38.2 Å². The van der Waals surface area contributed by atoms with Crippen molar-refractivity contribution in [1.29, 1.82) is 0 Å². The number of amides is 1. The third kappa shape index (κ3) is 5.78. The molecule has 1 amide bonds. The summed E-state index contributed by atoms with van der Waals surface area (Å²) in [5.41, 5.74) is 8.17. The van der Waals surface area contributed by atoms with Gasteiger partial charge in [0.05, 0.1) is 28.9 Å². The third-order valence-electron chi connectivity index (χ3n) is 6.39. The fraction of sp³-hybridized carbons (Fsp3) is 0.133. The molecule has 1 N–H and O–H groups in total. The highest BCUT2D eigenvalue weighted by Gasteiger charge is 2.28. The molecule has 4 rings (SSSR count). The molecule has 0 atom stereocenters. The molecule has 6 nitrogen and oxygen atoms in total. The molecule has 188 valence electrons. The van der Waals surface area contributed by atoms with E-state index in [1.807, 2.05) is 63.2 Å². The molecule has 0 saturated carbocycles. The Morgan fingerprint density at radius 3 is 2.14 bits per heavy atom. The maximum atomic E-state index is 13.8. The summed E-state index contributed by atoms with van der Waals surface area (Å²) in [4.78, 5) is 13.4. The average Bonchev–Trinajstić information content (AvgIpc) is 2.92. The topological polar surface area (TPSA) is 78.8 Å². The van der Waals surface area contributed by atoms with Crippen LogP contribution in [-0.2, 0) is 16.6 Å². The zero-order valence-electron chi connectivity index (χ0n) is 21.0. The van der Waals surface area contributed by atoms with Crippen LogP contribution in [0.2, 0.25) is 0 Å². The first-order chi connectivity index (χ1) is 17.8. The summed E-state index contributed by atoms with van der Waals surface area (Å²) in [5.74, 6) is -0.505. The van der Waals surface area contributed by atoms with Crippen molar-refractivity contribution in [3.05, 3.63) is 130 Å². The van der Waals surface area contributed by atoms with E-state index in [4.69, 9.17) is 0 Å². The minimum absolute atomic E-state index is 0.0630. The van der Waals surface area contributed by atoms with Gasteiger partial charge in [0.2, 0.25) is 0 Å². The predicted molar refractivity (Wildman–Crippen MR) is 148 cm³/mol. The molecule has 0 aliphatic carbocycles. The number of sulfonamides is 1. The lowest BCUT2D eigenvalue weighted by Gasteiger charge is -2.26. The summed E-state index contributed by atoms with van der Waals surface area (Å²) < 4.78 is 28.8. The predicted octanol–water partition coefficient (Wildman–Crippen LogP) is 5.77. The summed E-state index contributed by atoms with van der Waals surface area (Å²) in [6, 6.07) is 28.1. The Morgan fingerprint density at radius 1 is 0.811 bits per heavy atom. The van der Waals surface area contributed by atoms with Gasteiger partial charge in [-0.05, 0) is 72.9 Å². The highest BCUT2D eigenvalue weighted by atomic mass is 32.2. The van der Waals surface area contributed by atoms with Gasteiger partial charge in [0, 0.05) is 0 Å². The van der Waals surface area contributed by atoms with Gasteiger partial charge in [-0.1, -0.05) is 72.8 Å². The number of carbonyl (C=O) groups is 1. The minimum Gasteiger partial charge on any atom is -0.267 e. The fourth-order valence-electron chi connectivity index (χ4n) is 3.99. The van der Waals surface area contributed by atoms with Crippen molar-refractivity contribution >= 4 is 27.8 Å². The molecular weight excluding hydrogens is 482 g/mol. The third-order valence-corrected chi connectivity index (χ3v) is 8.16. The van der Waals surface area contributed by atoms with E-state index in [9.17, 15) is 13.2 Å². The van der Waals surface area contributed by atoms with Gasteiger partial charge in [0.25, 0.3) is 15.9 Å². The normalized spacial score (nSPS) is 11.4. The summed E-state index contributed by atoms with van der Waals surface area (Å²) in [5, 5.41) is 4.16. The number of hydrazone groups is 1. The van der Waals surface area contributed by atoms with E-state index in [0.29, 0.717) is 0 Å². The summed E-state index contributed by atoms with van der Waals surface area (Å²) in [7, 11) is -3.97. The van der Waals surface area contributed by atoms with Crippen molar-refractivity contribution in [2.75, 3.05) is 4.31 Å². The van der Waals surface area contributed by atoms with Crippen LogP contribution in [0.3, 0.4) is 0 Å². The maximum Gasteiger partial charge on any atom is 0.273 e. The molecule has 0 radical (unpaired) electrons. The Bertz CT molecular complexity index is 1530. The number of anilines is 1. The monoisotopic (exact) mass is 511 g/mol. The highest BCUT2D eigenvalue weighted by Crippen LogP contribution is 2.29. The number of para-hydroxylation sites is 1. The molecular formula is C30H29N3O3S. The molecule has 0 aromatic heterocycles. The second kappa shape index (κ2) is 11.2. The van der Waals surface area contributed by atoms with E-state index < -0.39 is 15.9 Å². The van der Waals surface area contributed by atoms with Gasteiger partial charge < -0.3 is 0 Å². The number of hydrogen-bond acceptors (Lipinski definition) is 4. The standard InChI is InChI=1S/C30H29N3O3S/c1-22-18-19-26(24(3)23(22)2)20-31-32-30(34)28-16-10-11-17-29(28)33(21-25-12-6-4-7-13-25)37(35,36)27-14-8-5-9-15-27/h4-20H,21H2,1-3H3,(H,32,34)/b31-20-. The van der Waals surface area contributed by atoms with Crippen molar-refractivity contribution in [2.45, 2.75) is 32.2 Å². The number of carbonyl (C=O) groups excluding carboxylic acids is 1. The molecule has 0 fully saturated rings. The Labute approximate surface area is 218 Å². The molecule has 0 heterocycles. The zero-order chi connectivity index (χ0) is 26.4. The second-order valence-electron chi connectivity index (χ2n) is 8.75. The zero-order valence-corrected chi connectivity index (χ0v) is 21.9. The minimum atomic E-state index is -3.97. The Hall–Kier alpha value is -4.23. The van der Waals surface area contributed by atoms with E-state index in [0.717, 1.165) is 16.7 Å². The largest absolute Gasteiger partial charge is 0.273 e. The fourth-order valence-corrected chi connectivity index (χ4v) is 5.48. The smallest absolute Gasteiger partial charge is 0.267 e. The Kier molecular flexibility index (Phi) is 7.84. The van der Waals surface area contributed by atoms with Crippen molar-refractivity contribution in [1.82, 2.24) is 5.43 Å². The van der Waals surface area contributed by atoms with E-state index in [2.05, 4.69) is 10.5 Å². The first-order valence-corrected chi connectivity index (χ1v) is 13.3. The molecule has 4 aromatic carbocycles. The van der Waals surface area contributed by atoms with E-state index >= 15 is 0 Å². The van der Waals surface area contributed by atoms with E-state index in [1.54, 1.807) is 60.8 Å². The van der Waals surface area contributed by atoms with Crippen LogP contribution in [-0.4, -0.2) is 20.5 Å². The van der Waals surface area contributed by atoms with Crippen molar-refractivity contribution in [3.8, 4) is 0 Å². The summed E-state index contributed by atoms with van der Waals surface area (Å²) >= 11 is 0. The number of nitrogens with zero attached hydrogens (tertiary/aromatic N) is 2. The number of hydrogen-bond donors (Lipinski definition) is 1. The van der Waals surface area contributed by atoms with Gasteiger partial charge >= 0.3 is 0 Å². The lowest BCUT2D eigenvalue weighted by molar-refractivity contribution is 0.0955. The SMILES string of the molecule is Cc1ccc(/C=N\NC(=O)c2ccccc2N(Cc2ccccc2)S(=O)(=O)c2ccccc2)c(C)c1C. The Balaban J connectivity index is 1.69. The summed E-state index contributed by atoms with van der Waals surface area (Å²) in [6.07, 6.45) is 1.60. The molecule has 7 heteroatoms. The first-order valence-electron chi connectivity index (χ1n) is 11.9. The molecule has 37 heavy (non-hydrogen) atoms. The number of aryl methyl sites for hydroxylation is 1. The molecule has 0 saturated heterocycles. The van der Waals surface area contributed by atoms with Crippen molar-refractivity contribution in [2.24, 2.45) is 5.10 Å². The van der Waals surface area contributed by atoms with Crippen LogP contribution >= 0.6 is 0 Å².